The molecular weight excluding hydrogens is 184 g/mol. The maximum atomic E-state index is 11.3. The lowest BCUT2D eigenvalue weighted by molar-refractivity contribution is -0.139. The van der Waals surface area contributed by atoms with Gasteiger partial charge in [0.1, 0.15) is 0 Å². The SMILES string of the molecule is C=C[C@@H](C)CC(=O)C(=[N+]=[N-])C(=O)OC. The lowest BCUT2D eigenvalue weighted by atomic mass is 10.0. The van der Waals surface area contributed by atoms with Gasteiger partial charge in [0.2, 0.25) is 0 Å². The molecule has 0 aliphatic rings. The molecule has 0 saturated heterocycles. The predicted octanol–water partition coefficient (Wildman–Crippen LogP) is 0.611. The quantitative estimate of drug-likeness (QED) is 0.161. The average molecular weight is 196 g/mol. The van der Waals surface area contributed by atoms with Crippen LogP contribution >= 0.6 is 0 Å². The first kappa shape index (κ1) is 12.3. The van der Waals surface area contributed by atoms with E-state index >= 15 is 0 Å². The van der Waals surface area contributed by atoms with Crippen LogP contribution in [0.4, 0.5) is 0 Å². The Balaban J connectivity index is 4.58. The van der Waals surface area contributed by atoms with E-state index in [0.29, 0.717) is 0 Å². The normalized spacial score (nSPS) is 11.0. The highest BCUT2D eigenvalue weighted by atomic mass is 16.5. The highest BCUT2D eigenvalue weighted by Crippen LogP contribution is 2.03. The van der Waals surface area contributed by atoms with Crippen molar-refractivity contribution in [2.24, 2.45) is 5.92 Å². The molecular formula is C9H12N2O3. The molecule has 0 aromatic carbocycles. The number of nitrogens with zero attached hydrogens (tertiary/aromatic N) is 2. The molecule has 0 aromatic rings. The second-order valence-corrected chi connectivity index (χ2v) is 2.78. The van der Waals surface area contributed by atoms with Crippen LogP contribution in [0.1, 0.15) is 13.3 Å². The van der Waals surface area contributed by atoms with Gasteiger partial charge >= 0.3 is 11.7 Å². The van der Waals surface area contributed by atoms with Crippen molar-refractivity contribution in [3.05, 3.63) is 18.2 Å². The Hall–Kier alpha value is -1.74. The monoisotopic (exact) mass is 196 g/mol. The molecule has 76 valence electrons. The number of rotatable bonds is 5. The Morgan fingerprint density at radius 2 is 2.21 bits per heavy atom. The van der Waals surface area contributed by atoms with Crippen LogP contribution in [0.25, 0.3) is 5.53 Å². The molecule has 0 saturated carbocycles. The minimum Gasteiger partial charge on any atom is -0.460 e. The first-order valence-corrected chi connectivity index (χ1v) is 4.02. The van der Waals surface area contributed by atoms with Crippen LogP contribution in [0, 0.1) is 5.92 Å². The number of hydrogen-bond acceptors (Lipinski definition) is 3. The minimum absolute atomic E-state index is 0.0675. The number of ether oxygens (including phenoxy) is 1. The van der Waals surface area contributed by atoms with E-state index in [0.717, 1.165) is 7.11 Å². The fourth-order valence-electron chi connectivity index (χ4n) is 0.780. The third-order valence-electron chi connectivity index (χ3n) is 1.65. The van der Waals surface area contributed by atoms with Gasteiger partial charge in [0.15, 0.2) is 0 Å². The summed E-state index contributed by atoms with van der Waals surface area (Å²) in [6.07, 6.45) is 1.64. The van der Waals surface area contributed by atoms with Crippen molar-refractivity contribution in [2.45, 2.75) is 13.3 Å². The summed E-state index contributed by atoms with van der Waals surface area (Å²) >= 11 is 0. The van der Waals surface area contributed by atoms with Crippen molar-refractivity contribution >= 4 is 17.5 Å². The molecule has 0 spiro atoms. The highest BCUT2D eigenvalue weighted by molar-refractivity contribution is 6.62. The summed E-state index contributed by atoms with van der Waals surface area (Å²) in [5, 5.41) is 0. The summed E-state index contributed by atoms with van der Waals surface area (Å²) in [6, 6.07) is 0. The Morgan fingerprint density at radius 1 is 1.64 bits per heavy atom. The van der Waals surface area contributed by atoms with E-state index < -0.39 is 17.5 Å². The second kappa shape index (κ2) is 5.83. The summed E-state index contributed by atoms with van der Waals surface area (Å²) in [6.45, 7) is 5.25. The third kappa shape index (κ3) is 3.33. The van der Waals surface area contributed by atoms with Crippen LogP contribution in [0.2, 0.25) is 0 Å². The standard InChI is InChI=1S/C9H12N2O3/c1-4-6(2)5-7(12)8(11-10)9(13)14-3/h4,6H,1,5H2,2-3H3/t6-/m1/s1. The van der Waals surface area contributed by atoms with E-state index in [1.807, 2.05) is 0 Å². The number of ketones is 1. The summed E-state index contributed by atoms with van der Waals surface area (Å²) in [5.41, 5.74) is 7.84. The average Bonchev–Trinajstić information content (AvgIpc) is 2.18. The van der Waals surface area contributed by atoms with E-state index in [-0.39, 0.29) is 12.3 Å². The molecule has 0 amide bonds. The van der Waals surface area contributed by atoms with Crippen molar-refractivity contribution in [1.29, 1.82) is 0 Å². The molecule has 0 heterocycles. The summed E-state index contributed by atoms with van der Waals surface area (Å²) < 4.78 is 4.26. The van der Waals surface area contributed by atoms with E-state index in [2.05, 4.69) is 16.1 Å². The first-order chi connectivity index (χ1) is 6.56. The van der Waals surface area contributed by atoms with E-state index in [4.69, 9.17) is 5.53 Å². The fraction of sp³-hybridized carbons (Fsp3) is 0.444. The summed E-state index contributed by atoms with van der Waals surface area (Å²) in [4.78, 5) is 24.8. The molecule has 0 unspecified atom stereocenters. The van der Waals surface area contributed by atoms with Gasteiger partial charge in [0, 0.05) is 6.42 Å². The van der Waals surface area contributed by atoms with Crippen LogP contribution < -0.4 is 0 Å². The number of carbonyl (C=O) groups is 2. The van der Waals surface area contributed by atoms with Crippen LogP contribution in [-0.2, 0) is 14.3 Å². The Morgan fingerprint density at radius 3 is 2.57 bits per heavy atom. The number of allylic oxidation sites excluding steroid dienone is 1. The molecule has 1 atom stereocenters. The van der Waals surface area contributed by atoms with Gasteiger partial charge in [-0.1, -0.05) is 13.0 Å². The van der Waals surface area contributed by atoms with Gasteiger partial charge < -0.3 is 10.3 Å². The van der Waals surface area contributed by atoms with Gasteiger partial charge in [-0.05, 0) is 5.92 Å². The third-order valence-corrected chi connectivity index (χ3v) is 1.65. The number of esters is 1. The molecule has 0 bridgehead atoms. The molecule has 0 rings (SSSR count). The second-order valence-electron chi connectivity index (χ2n) is 2.78. The van der Waals surface area contributed by atoms with Crippen LogP contribution in [-0.4, -0.2) is 29.4 Å². The largest absolute Gasteiger partial charge is 0.460 e. The summed E-state index contributed by atoms with van der Waals surface area (Å²) in [5.74, 6) is -1.58. The maximum Gasteiger partial charge on any atom is 0.441 e. The molecule has 5 nitrogen and oxygen atoms in total. The summed E-state index contributed by atoms with van der Waals surface area (Å²) in [7, 11) is 1.11. The zero-order valence-electron chi connectivity index (χ0n) is 8.19. The van der Waals surface area contributed by atoms with Crippen LogP contribution in [0.15, 0.2) is 12.7 Å². The van der Waals surface area contributed by atoms with E-state index in [1.54, 1.807) is 13.0 Å². The number of carbonyl (C=O) groups excluding carboxylic acids is 2. The van der Waals surface area contributed by atoms with Gasteiger partial charge in [0.25, 0.3) is 5.78 Å². The first-order valence-electron chi connectivity index (χ1n) is 4.02. The minimum atomic E-state index is -0.936. The molecule has 14 heavy (non-hydrogen) atoms. The van der Waals surface area contributed by atoms with Crippen LogP contribution in [0.3, 0.4) is 0 Å². The lowest BCUT2D eigenvalue weighted by Crippen LogP contribution is -2.27. The number of methoxy groups -OCH3 is 1. The van der Waals surface area contributed by atoms with Crippen LogP contribution in [0.5, 0.6) is 0 Å². The van der Waals surface area contributed by atoms with Crippen molar-refractivity contribution in [3.63, 3.8) is 0 Å². The molecule has 0 aromatic heterocycles. The van der Waals surface area contributed by atoms with Gasteiger partial charge in [-0.25, -0.2) is 4.79 Å². The zero-order valence-corrected chi connectivity index (χ0v) is 8.19. The zero-order chi connectivity index (χ0) is 11.1. The van der Waals surface area contributed by atoms with Gasteiger partial charge in [-0.15, -0.1) is 6.58 Å². The topological polar surface area (TPSA) is 79.8 Å². The van der Waals surface area contributed by atoms with Gasteiger partial charge in [0.05, 0.1) is 7.11 Å². The Labute approximate surface area is 82.0 Å². The van der Waals surface area contributed by atoms with Crippen molar-refractivity contribution in [2.75, 3.05) is 7.11 Å². The predicted molar refractivity (Wildman–Crippen MR) is 49.6 cm³/mol. The smallest absolute Gasteiger partial charge is 0.441 e. The van der Waals surface area contributed by atoms with Gasteiger partial charge in [-0.2, -0.15) is 4.79 Å². The van der Waals surface area contributed by atoms with Crippen molar-refractivity contribution in [1.82, 2.24) is 0 Å². The van der Waals surface area contributed by atoms with Crippen molar-refractivity contribution < 1.29 is 19.1 Å². The molecule has 0 aliphatic carbocycles. The molecule has 0 aliphatic heterocycles. The number of Topliss-reactive ketones (excluding diaryl/α,β-unsaturated/α-hetero) is 1. The molecule has 0 radical (unpaired) electrons. The van der Waals surface area contributed by atoms with Crippen molar-refractivity contribution in [3.8, 4) is 0 Å². The Kier molecular flexibility index (Phi) is 5.10. The molecule has 0 fully saturated rings. The fourth-order valence-corrected chi connectivity index (χ4v) is 0.780. The van der Waals surface area contributed by atoms with E-state index in [1.165, 1.54) is 0 Å². The maximum absolute atomic E-state index is 11.3. The van der Waals surface area contributed by atoms with E-state index in [9.17, 15) is 9.59 Å². The molecule has 0 N–H and O–H groups in total. The Bertz CT molecular complexity index is 303. The number of hydrogen-bond donors (Lipinski definition) is 0. The molecule has 5 heteroatoms. The lowest BCUT2D eigenvalue weighted by Gasteiger charge is -2.00. The highest BCUT2D eigenvalue weighted by Gasteiger charge is 2.30. The van der Waals surface area contributed by atoms with Gasteiger partial charge in [-0.3, -0.25) is 4.79 Å².